The molecule has 8 nitrogen and oxygen atoms in total. The van der Waals surface area contributed by atoms with E-state index in [1.807, 2.05) is 4.90 Å². The van der Waals surface area contributed by atoms with Crippen LogP contribution in [0.25, 0.3) is 0 Å². The summed E-state index contributed by atoms with van der Waals surface area (Å²) in [6.07, 6.45) is -0.784. The van der Waals surface area contributed by atoms with Crippen LogP contribution in [0.3, 0.4) is 0 Å². The van der Waals surface area contributed by atoms with E-state index in [9.17, 15) is 31.2 Å². The summed E-state index contributed by atoms with van der Waals surface area (Å²) in [5.41, 5.74) is 1.65. The second-order valence-electron chi connectivity index (χ2n) is 11.4. The predicted octanol–water partition coefficient (Wildman–Crippen LogP) is 3.94. The molecule has 3 fully saturated rings. The lowest BCUT2D eigenvalue weighted by atomic mass is 9.98. The van der Waals surface area contributed by atoms with Crippen molar-refractivity contribution in [3.63, 3.8) is 0 Å². The monoisotopic (exact) mass is 590 g/mol. The molecule has 2 N–H and O–H groups in total. The number of amides is 2. The Labute approximate surface area is 231 Å². The van der Waals surface area contributed by atoms with Gasteiger partial charge in [-0.15, -0.1) is 0 Å². The molecule has 0 radical (unpaired) electrons. The lowest BCUT2D eigenvalue weighted by Gasteiger charge is -2.39. The van der Waals surface area contributed by atoms with Crippen molar-refractivity contribution in [2.45, 2.75) is 82.1 Å². The highest BCUT2D eigenvalue weighted by Crippen LogP contribution is 2.39. The molecule has 13 heteroatoms. The Balaban J connectivity index is 1.13. The summed E-state index contributed by atoms with van der Waals surface area (Å²) in [6, 6.07) is 2.71. The Kier molecular flexibility index (Phi) is 8.21. The fourth-order valence-electron chi connectivity index (χ4n) is 6.66. The van der Waals surface area contributed by atoms with Gasteiger partial charge in [0.15, 0.2) is 0 Å². The summed E-state index contributed by atoms with van der Waals surface area (Å²) in [6.45, 7) is 1.62. The molecule has 0 spiro atoms. The zero-order valence-corrected chi connectivity index (χ0v) is 23.2. The molecule has 3 atom stereocenters. The highest BCUT2D eigenvalue weighted by atomic mass is 35.5. The summed E-state index contributed by atoms with van der Waals surface area (Å²) in [7, 11) is -3.50. The van der Waals surface area contributed by atoms with Crippen molar-refractivity contribution < 1.29 is 31.2 Å². The third-order valence-electron chi connectivity index (χ3n) is 8.47. The van der Waals surface area contributed by atoms with Gasteiger partial charge in [-0.25, -0.2) is 8.42 Å². The Morgan fingerprint density at radius 2 is 1.77 bits per heavy atom. The highest BCUT2D eigenvalue weighted by Gasteiger charge is 2.47. The van der Waals surface area contributed by atoms with Gasteiger partial charge in [0, 0.05) is 30.2 Å². The van der Waals surface area contributed by atoms with Crippen molar-refractivity contribution in [1.29, 1.82) is 0 Å². The second kappa shape index (κ2) is 11.2. The van der Waals surface area contributed by atoms with Gasteiger partial charge in [0.2, 0.25) is 15.9 Å². The number of piperidine rings is 2. The molecule has 2 amide bonds. The lowest BCUT2D eigenvalue weighted by molar-refractivity contribution is -0.136. The first kappa shape index (κ1) is 28.6. The van der Waals surface area contributed by atoms with Gasteiger partial charge in [-0.05, 0) is 88.2 Å². The van der Waals surface area contributed by atoms with Gasteiger partial charge in [-0.1, -0.05) is 11.6 Å². The maximum absolute atomic E-state index is 13.5. The predicted molar refractivity (Wildman–Crippen MR) is 141 cm³/mol. The van der Waals surface area contributed by atoms with Crippen molar-refractivity contribution in [2.75, 3.05) is 30.7 Å². The van der Waals surface area contributed by atoms with E-state index in [0.29, 0.717) is 56.6 Å². The van der Waals surface area contributed by atoms with E-state index in [1.165, 1.54) is 0 Å². The van der Waals surface area contributed by atoms with Crippen LogP contribution in [0.1, 0.15) is 67.3 Å². The average Bonchev–Trinajstić information content (AvgIpc) is 3.34. The normalized spacial score (nSPS) is 26.5. The SMILES string of the molecule is O=C1Cc2cc(C(=O)N[C@H]3C[C@H]4CC[C@@H](C3)N4S(=O)(=O)CC3CCN(CCCC(F)(F)F)CC3)c(Cl)cc2N1. The van der Waals surface area contributed by atoms with E-state index in [4.69, 9.17) is 11.6 Å². The Hall–Kier alpha value is -1.89. The van der Waals surface area contributed by atoms with Gasteiger partial charge in [0.1, 0.15) is 0 Å². The maximum Gasteiger partial charge on any atom is 0.389 e. The molecular weight excluding hydrogens is 557 g/mol. The number of nitrogens with zero attached hydrogens (tertiary/aromatic N) is 2. The second-order valence-corrected chi connectivity index (χ2v) is 13.7. The molecule has 0 aromatic heterocycles. The van der Waals surface area contributed by atoms with Crippen LogP contribution in [0.15, 0.2) is 12.1 Å². The number of hydrogen-bond donors (Lipinski definition) is 2. The number of nitrogens with one attached hydrogen (secondary N) is 2. The minimum Gasteiger partial charge on any atom is -0.349 e. The molecule has 0 saturated carbocycles. The Morgan fingerprint density at radius 3 is 2.41 bits per heavy atom. The van der Waals surface area contributed by atoms with E-state index in [2.05, 4.69) is 10.6 Å². The van der Waals surface area contributed by atoms with Gasteiger partial charge in [-0.3, -0.25) is 9.59 Å². The van der Waals surface area contributed by atoms with Crippen LogP contribution in [0.2, 0.25) is 5.02 Å². The molecule has 0 aliphatic carbocycles. The van der Waals surface area contributed by atoms with Gasteiger partial charge in [0.05, 0.1) is 22.8 Å². The van der Waals surface area contributed by atoms with Crippen molar-refractivity contribution in [3.8, 4) is 0 Å². The first-order valence-electron chi connectivity index (χ1n) is 13.6. The quantitative estimate of drug-likeness (QED) is 0.478. The molecule has 4 aliphatic rings. The number of carbonyl (C=O) groups is 2. The standard InChI is InChI=1S/C26H34ClF3N4O4S/c27-22-14-23-17(11-24(35)32-23)10-21(22)25(36)31-18-12-19-2-3-20(13-18)34(19)39(37,38)15-16-4-8-33(9-5-16)7-1-6-26(28,29)30/h10,14,16,18-20H,1-9,11-13,15H2,(H,31,36)(H,32,35)/t18-,19+,20-. The number of carbonyl (C=O) groups excluding carboxylic acids is 2. The van der Waals surface area contributed by atoms with E-state index in [1.54, 1.807) is 16.4 Å². The number of fused-ring (bicyclic) bond motifs is 3. The molecule has 4 aliphatic heterocycles. The van der Waals surface area contributed by atoms with Crippen LogP contribution in [0.5, 0.6) is 0 Å². The van der Waals surface area contributed by atoms with E-state index < -0.39 is 22.6 Å². The van der Waals surface area contributed by atoms with E-state index >= 15 is 0 Å². The number of likely N-dealkylation sites (tertiary alicyclic amines) is 1. The maximum atomic E-state index is 13.5. The summed E-state index contributed by atoms with van der Waals surface area (Å²) in [4.78, 5) is 26.7. The summed E-state index contributed by atoms with van der Waals surface area (Å²) in [5.74, 6) is -0.417. The van der Waals surface area contributed by atoms with E-state index in [0.717, 1.165) is 18.4 Å². The topological polar surface area (TPSA) is 98.8 Å². The largest absolute Gasteiger partial charge is 0.389 e. The molecule has 2 bridgehead atoms. The fourth-order valence-corrected chi connectivity index (χ4v) is 9.30. The number of sulfonamides is 1. The van der Waals surface area contributed by atoms with Crippen molar-refractivity contribution >= 4 is 39.1 Å². The van der Waals surface area contributed by atoms with Gasteiger partial charge in [-0.2, -0.15) is 17.5 Å². The van der Waals surface area contributed by atoms with Crippen LogP contribution in [0, 0.1) is 5.92 Å². The van der Waals surface area contributed by atoms with Crippen LogP contribution in [0.4, 0.5) is 18.9 Å². The van der Waals surface area contributed by atoms with Crippen LogP contribution < -0.4 is 10.6 Å². The number of anilines is 1. The molecule has 1 aromatic carbocycles. The van der Waals surface area contributed by atoms with Gasteiger partial charge in [0.25, 0.3) is 5.91 Å². The summed E-state index contributed by atoms with van der Waals surface area (Å²) < 4.78 is 65.8. The third-order valence-corrected chi connectivity index (χ3v) is 10.9. The minimum absolute atomic E-state index is 0.00554. The molecule has 216 valence electrons. The molecule has 4 heterocycles. The number of halogens is 4. The number of hydrogen-bond acceptors (Lipinski definition) is 5. The van der Waals surface area contributed by atoms with E-state index in [-0.39, 0.29) is 59.5 Å². The van der Waals surface area contributed by atoms with Crippen LogP contribution in [-0.2, 0) is 21.2 Å². The summed E-state index contributed by atoms with van der Waals surface area (Å²) in [5, 5.41) is 6.00. The number of rotatable bonds is 8. The van der Waals surface area contributed by atoms with Gasteiger partial charge < -0.3 is 15.5 Å². The third kappa shape index (κ3) is 6.71. The van der Waals surface area contributed by atoms with Crippen LogP contribution in [-0.4, -0.2) is 79.1 Å². The Bertz CT molecular complexity index is 1210. The zero-order chi connectivity index (χ0) is 27.9. The Morgan fingerprint density at radius 1 is 1.10 bits per heavy atom. The van der Waals surface area contributed by atoms with Crippen molar-refractivity contribution in [3.05, 3.63) is 28.3 Å². The lowest BCUT2D eigenvalue weighted by Crippen LogP contribution is -2.53. The number of alkyl halides is 3. The fraction of sp³-hybridized carbons (Fsp3) is 0.692. The van der Waals surface area contributed by atoms with Crippen molar-refractivity contribution in [1.82, 2.24) is 14.5 Å². The van der Waals surface area contributed by atoms with Crippen LogP contribution >= 0.6 is 11.6 Å². The number of benzene rings is 1. The first-order chi connectivity index (χ1) is 18.4. The van der Waals surface area contributed by atoms with Crippen molar-refractivity contribution in [2.24, 2.45) is 5.92 Å². The molecule has 1 aromatic rings. The first-order valence-corrected chi connectivity index (χ1v) is 15.6. The molecule has 39 heavy (non-hydrogen) atoms. The van der Waals surface area contributed by atoms with Gasteiger partial charge >= 0.3 is 6.18 Å². The highest BCUT2D eigenvalue weighted by molar-refractivity contribution is 7.89. The average molecular weight is 591 g/mol. The molecule has 5 rings (SSSR count). The summed E-state index contributed by atoms with van der Waals surface area (Å²) >= 11 is 6.32. The molecular formula is C26H34ClF3N4O4S. The molecule has 0 unspecified atom stereocenters. The zero-order valence-electron chi connectivity index (χ0n) is 21.6. The minimum atomic E-state index is -4.14. The smallest absolute Gasteiger partial charge is 0.349 e. The molecule has 3 saturated heterocycles.